The van der Waals surface area contributed by atoms with Crippen LogP contribution < -0.4 is 5.32 Å². The Labute approximate surface area is 173 Å². The molecule has 0 aliphatic rings. The summed E-state index contributed by atoms with van der Waals surface area (Å²) in [5.74, 6) is 0.126. The molecule has 1 heterocycles. The summed E-state index contributed by atoms with van der Waals surface area (Å²) >= 11 is 6.16. The fourth-order valence-corrected chi connectivity index (χ4v) is 3.03. The van der Waals surface area contributed by atoms with E-state index >= 15 is 0 Å². The Morgan fingerprint density at radius 3 is 2.21 bits per heavy atom. The Morgan fingerprint density at radius 1 is 0.931 bits per heavy atom. The van der Waals surface area contributed by atoms with E-state index in [0.29, 0.717) is 35.2 Å². The second-order valence-corrected chi connectivity index (χ2v) is 6.65. The molecule has 1 aromatic heterocycles. The average Bonchev–Trinajstić information content (AvgIpc) is 3.22. The zero-order valence-electron chi connectivity index (χ0n) is 16.0. The number of halogens is 1. The van der Waals surface area contributed by atoms with Crippen molar-refractivity contribution in [3.63, 3.8) is 0 Å². The zero-order valence-corrected chi connectivity index (χ0v) is 16.8. The van der Waals surface area contributed by atoms with E-state index in [1.807, 2.05) is 30.3 Å². The van der Waals surface area contributed by atoms with Gasteiger partial charge < -0.3 is 19.2 Å². The number of benzene rings is 2. The van der Waals surface area contributed by atoms with Gasteiger partial charge in [0.15, 0.2) is 0 Å². The van der Waals surface area contributed by atoms with Crippen LogP contribution in [-0.2, 0) is 22.6 Å². The fourth-order valence-electron chi connectivity index (χ4n) is 2.83. The van der Waals surface area contributed by atoms with E-state index in [1.54, 1.807) is 18.2 Å². The molecule has 0 radical (unpaired) electrons. The number of hydrogen-bond donors (Lipinski definition) is 1. The Kier molecular flexibility index (Phi) is 6.69. The standard InChI is InChI=1S/C22H20ClNO5/c1-27-21(25)16-9-15(10-17(11-16)22(26)28-2)20-8-7-18(29-20)13-24-12-14-5-3-4-6-19(14)23/h3-11,24H,12-13H2,1-2H3. The third-order valence-corrected chi connectivity index (χ3v) is 4.66. The van der Waals surface area contributed by atoms with Crippen LogP contribution >= 0.6 is 11.6 Å². The number of nitrogens with one attached hydrogen (secondary N) is 1. The first kappa shape index (κ1) is 20.6. The maximum absolute atomic E-state index is 11.9. The van der Waals surface area contributed by atoms with Crippen LogP contribution in [0.3, 0.4) is 0 Å². The van der Waals surface area contributed by atoms with Gasteiger partial charge in [-0.25, -0.2) is 9.59 Å². The van der Waals surface area contributed by atoms with Gasteiger partial charge in [0.1, 0.15) is 11.5 Å². The molecule has 0 atom stereocenters. The van der Waals surface area contributed by atoms with E-state index in [-0.39, 0.29) is 11.1 Å². The molecule has 0 aliphatic carbocycles. The first-order valence-corrected chi connectivity index (χ1v) is 9.24. The highest BCUT2D eigenvalue weighted by atomic mass is 35.5. The summed E-state index contributed by atoms with van der Waals surface area (Å²) in [7, 11) is 2.56. The molecule has 3 aromatic rings. The number of esters is 2. The summed E-state index contributed by atoms with van der Waals surface area (Å²) in [6.07, 6.45) is 0. The molecular weight excluding hydrogens is 394 g/mol. The summed E-state index contributed by atoms with van der Waals surface area (Å²) in [6.45, 7) is 1.09. The van der Waals surface area contributed by atoms with Crippen LogP contribution in [0, 0.1) is 0 Å². The third kappa shape index (κ3) is 5.04. The number of rotatable bonds is 7. The lowest BCUT2D eigenvalue weighted by Crippen LogP contribution is -2.12. The Bertz CT molecular complexity index is 993. The van der Waals surface area contributed by atoms with Crippen LogP contribution in [0.15, 0.2) is 59.0 Å². The molecule has 0 saturated carbocycles. The summed E-state index contributed by atoms with van der Waals surface area (Å²) in [5.41, 5.74) is 2.04. The molecule has 7 heteroatoms. The predicted octanol–water partition coefficient (Wildman–Crippen LogP) is 4.46. The first-order chi connectivity index (χ1) is 14.0. The molecule has 0 aliphatic heterocycles. The largest absolute Gasteiger partial charge is 0.465 e. The quantitative estimate of drug-likeness (QED) is 0.576. The monoisotopic (exact) mass is 413 g/mol. The summed E-state index contributed by atoms with van der Waals surface area (Å²) in [6, 6.07) is 15.9. The minimum absolute atomic E-state index is 0.236. The molecule has 0 unspecified atom stereocenters. The van der Waals surface area contributed by atoms with Crippen molar-refractivity contribution in [3.05, 3.63) is 82.1 Å². The Hall–Kier alpha value is -3.09. The van der Waals surface area contributed by atoms with Gasteiger partial charge in [0.25, 0.3) is 0 Å². The van der Waals surface area contributed by atoms with Crippen molar-refractivity contribution in [2.45, 2.75) is 13.1 Å². The fraction of sp³-hybridized carbons (Fsp3) is 0.182. The van der Waals surface area contributed by atoms with Crippen LogP contribution in [0.2, 0.25) is 5.02 Å². The molecule has 6 nitrogen and oxygen atoms in total. The smallest absolute Gasteiger partial charge is 0.337 e. The molecule has 0 amide bonds. The van der Waals surface area contributed by atoms with Gasteiger partial charge in [-0.3, -0.25) is 0 Å². The van der Waals surface area contributed by atoms with E-state index in [2.05, 4.69) is 5.32 Å². The van der Waals surface area contributed by atoms with Gasteiger partial charge in [-0.05, 0) is 42.0 Å². The first-order valence-electron chi connectivity index (χ1n) is 8.86. The SMILES string of the molecule is COC(=O)c1cc(C(=O)OC)cc(-c2ccc(CNCc3ccccc3Cl)o2)c1. The van der Waals surface area contributed by atoms with Gasteiger partial charge in [-0.15, -0.1) is 0 Å². The van der Waals surface area contributed by atoms with E-state index in [9.17, 15) is 9.59 Å². The van der Waals surface area contributed by atoms with E-state index in [1.165, 1.54) is 20.3 Å². The number of furan rings is 1. The van der Waals surface area contributed by atoms with Crippen molar-refractivity contribution < 1.29 is 23.5 Å². The second kappa shape index (κ2) is 9.41. The maximum Gasteiger partial charge on any atom is 0.337 e. The van der Waals surface area contributed by atoms with Gasteiger partial charge in [-0.1, -0.05) is 29.8 Å². The van der Waals surface area contributed by atoms with E-state index < -0.39 is 11.9 Å². The second-order valence-electron chi connectivity index (χ2n) is 6.24. The molecule has 0 fully saturated rings. The summed E-state index contributed by atoms with van der Waals surface area (Å²) in [5, 5.41) is 3.98. The van der Waals surface area contributed by atoms with Crippen LogP contribution in [0.1, 0.15) is 32.0 Å². The molecule has 29 heavy (non-hydrogen) atoms. The van der Waals surface area contributed by atoms with Gasteiger partial charge in [0.05, 0.1) is 31.9 Å². The summed E-state index contributed by atoms with van der Waals surface area (Å²) in [4.78, 5) is 23.9. The topological polar surface area (TPSA) is 77.8 Å². The molecular formula is C22H20ClNO5. The number of carbonyl (C=O) groups is 2. The molecule has 3 rings (SSSR count). The van der Waals surface area contributed by atoms with Crippen LogP contribution in [0.5, 0.6) is 0 Å². The molecule has 1 N–H and O–H groups in total. The number of methoxy groups -OCH3 is 2. The van der Waals surface area contributed by atoms with Crippen molar-refractivity contribution in [1.82, 2.24) is 5.32 Å². The number of hydrogen-bond acceptors (Lipinski definition) is 6. The molecule has 0 bridgehead atoms. The lowest BCUT2D eigenvalue weighted by molar-refractivity contribution is 0.0599. The molecule has 2 aromatic carbocycles. The van der Waals surface area contributed by atoms with E-state index in [0.717, 1.165) is 5.56 Å². The van der Waals surface area contributed by atoms with Crippen molar-refractivity contribution in [2.24, 2.45) is 0 Å². The van der Waals surface area contributed by atoms with Gasteiger partial charge in [0.2, 0.25) is 0 Å². The minimum atomic E-state index is -0.551. The number of carbonyl (C=O) groups excluding carboxylic acids is 2. The molecule has 150 valence electrons. The highest BCUT2D eigenvalue weighted by Crippen LogP contribution is 2.26. The van der Waals surface area contributed by atoms with Crippen LogP contribution in [0.4, 0.5) is 0 Å². The van der Waals surface area contributed by atoms with Crippen molar-refractivity contribution in [2.75, 3.05) is 14.2 Å². The van der Waals surface area contributed by atoms with Crippen LogP contribution in [0.25, 0.3) is 11.3 Å². The average molecular weight is 414 g/mol. The maximum atomic E-state index is 11.9. The molecule has 0 spiro atoms. The lowest BCUT2D eigenvalue weighted by atomic mass is 10.0. The normalized spacial score (nSPS) is 10.6. The number of ether oxygens (including phenoxy) is 2. The third-order valence-electron chi connectivity index (χ3n) is 4.29. The lowest BCUT2D eigenvalue weighted by Gasteiger charge is -2.07. The highest BCUT2D eigenvalue weighted by molar-refractivity contribution is 6.31. The van der Waals surface area contributed by atoms with Crippen molar-refractivity contribution in [3.8, 4) is 11.3 Å². The minimum Gasteiger partial charge on any atom is -0.465 e. The highest BCUT2D eigenvalue weighted by Gasteiger charge is 2.16. The Balaban J connectivity index is 1.77. The predicted molar refractivity (Wildman–Crippen MR) is 109 cm³/mol. The van der Waals surface area contributed by atoms with E-state index in [4.69, 9.17) is 25.5 Å². The van der Waals surface area contributed by atoms with Crippen molar-refractivity contribution >= 4 is 23.5 Å². The van der Waals surface area contributed by atoms with Gasteiger partial charge >= 0.3 is 11.9 Å². The van der Waals surface area contributed by atoms with Gasteiger partial charge in [0, 0.05) is 17.1 Å². The van der Waals surface area contributed by atoms with Gasteiger partial charge in [-0.2, -0.15) is 0 Å². The zero-order chi connectivity index (χ0) is 20.8. The molecule has 0 saturated heterocycles. The summed E-state index contributed by atoms with van der Waals surface area (Å²) < 4.78 is 15.4. The Morgan fingerprint density at radius 2 is 1.59 bits per heavy atom. The van der Waals surface area contributed by atoms with Crippen molar-refractivity contribution in [1.29, 1.82) is 0 Å². The van der Waals surface area contributed by atoms with Crippen LogP contribution in [-0.4, -0.2) is 26.2 Å².